The van der Waals surface area contributed by atoms with E-state index in [1.807, 2.05) is 0 Å². The Hall–Kier alpha value is -0.330. The third-order valence-electron chi connectivity index (χ3n) is 3.63. The second-order valence-electron chi connectivity index (χ2n) is 4.69. The maximum atomic E-state index is 5.57. The molecule has 1 unspecified atom stereocenters. The zero-order chi connectivity index (χ0) is 11.7. The summed E-state index contributed by atoms with van der Waals surface area (Å²) < 4.78 is 6.87. The van der Waals surface area contributed by atoms with Gasteiger partial charge in [0.25, 0.3) is 0 Å². The van der Waals surface area contributed by atoms with Gasteiger partial charge in [0, 0.05) is 35.4 Å². The van der Waals surface area contributed by atoms with Crippen LogP contribution in [0.4, 0.5) is 5.69 Å². The topological polar surface area (TPSA) is 15.7 Å². The van der Waals surface area contributed by atoms with Crippen molar-refractivity contribution < 1.29 is 4.74 Å². The molecule has 2 heterocycles. The predicted molar refractivity (Wildman–Crippen MR) is 77.6 cm³/mol. The number of hydrogen-bond donors (Lipinski definition) is 0. The first-order valence-corrected chi connectivity index (χ1v) is 7.23. The maximum Gasteiger partial charge on any atom is 0.0639 e. The van der Waals surface area contributed by atoms with E-state index in [0.717, 1.165) is 32.8 Å². The van der Waals surface area contributed by atoms with E-state index in [-0.39, 0.29) is 0 Å². The molecule has 2 saturated heterocycles. The van der Waals surface area contributed by atoms with Gasteiger partial charge >= 0.3 is 0 Å². The normalized spacial score (nSPS) is 25.7. The monoisotopic (exact) mass is 344 g/mol. The molecule has 0 aliphatic carbocycles. The standard InChI is InChI=1S/C13H17IN2O/c14-11-1-3-12(4-2-11)16-6-5-15-7-8-17-10-13(15)9-16/h1-4,13H,5-10H2. The number of benzene rings is 1. The Balaban J connectivity index is 1.71. The van der Waals surface area contributed by atoms with Crippen molar-refractivity contribution in [2.75, 3.05) is 44.3 Å². The predicted octanol–water partition coefficient (Wildman–Crippen LogP) is 1.81. The van der Waals surface area contributed by atoms with E-state index in [9.17, 15) is 0 Å². The molecule has 0 radical (unpaired) electrons. The fourth-order valence-corrected chi connectivity index (χ4v) is 2.99. The summed E-state index contributed by atoms with van der Waals surface area (Å²) in [7, 11) is 0. The molecule has 17 heavy (non-hydrogen) atoms. The first-order chi connectivity index (χ1) is 8.33. The van der Waals surface area contributed by atoms with Crippen molar-refractivity contribution in [3.05, 3.63) is 27.8 Å². The lowest BCUT2D eigenvalue weighted by atomic mass is 10.1. The van der Waals surface area contributed by atoms with Crippen molar-refractivity contribution >= 4 is 28.3 Å². The first-order valence-electron chi connectivity index (χ1n) is 6.15. The van der Waals surface area contributed by atoms with Crippen molar-refractivity contribution in [1.82, 2.24) is 4.90 Å². The van der Waals surface area contributed by atoms with Gasteiger partial charge in [-0.2, -0.15) is 0 Å². The van der Waals surface area contributed by atoms with Gasteiger partial charge in [-0.15, -0.1) is 0 Å². The van der Waals surface area contributed by atoms with Crippen LogP contribution in [0.5, 0.6) is 0 Å². The lowest BCUT2D eigenvalue weighted by molar-refractivity contribution is -0.0116. The SMILES string of the molecule is Ic1ccc(N2CCN3CCOCC3C2)cc1. The minimum atomic E-state index is 0.580. The zero-order valence-corrected chi connectivity index (χ0v) is 12.0. The van der Waals surface area contributed by atoms with Crippen molar-refractivity contribution in [2.45, 2.75) is 6.04 Å². The summed E-state index contributed by atoms with van der Waals surface area (Å²) in [5.41, 5.74) is 1.34. The summed E-state index contributed by atoms with van der Waals surface area (Å²) in [5, 5.41) is 0. The Morgan fingerprint density at radius 1 is 1.12 bits per heavy atom. The lowest BCUT2D eigenvalue weighted by Crippen LogP contribution is -2.58. The van der Waals surface area contributed by atoms with Crippen LogP contribution in [0.15, 0.2) is 24.3 Å². The summed E-state index contributed by atoms with van der Waals surface area (Å²) in [6, 6.07) is 9.39. The Labute approximate surface area is 116 Å². The van der Waals surface area contributed by atoms with Gasteiger partial charge in [-0.25, -0.2) is 0 Å². The van der Waals surface area contributed by atoms with Crippen molar-refractivity contribution in [1.29, 1.82) is 0 Å². The highest BCUT2D eigenvalue weighted by molar-refractivity contribution is 14.1. The van der Waals surface area contributed by atoms with E-state index < -0.39 is 0 Å². The van der Waals surface area contributed by atoms with Gasteiger partial charge in [-0.05, 0) is 46.9 Å². The molecular formula is C13H17IN2O. The molecule has 3 rings (SSSR count). The molecule has 2 aliphatic heterocycles. The van der Waals surface area contributed by atoms with E-state index in [1.54, 1.807) is 0 Å². The van der Waals surface area contributed by atoms with Crippen LogP contribution >= 0.6 is 22.6 Å². The summed E-state index contributed by atoms with van der Waals surface area (Å²) >= 11 is 2.35. The van der Waals surface area contributed by atoms with Crippen LogP contribution in [-0.4, -0.2) is 50.3 Å². The molecular weight excluding hydrogens is 327 g/mol. The highest BCUT2D eigenvalue weighted by Crippen LogP contribution is 2.21. The lowest BCUT2D eigenvalue weighted by Gasteiger charge is -2.44. The molecule has 0 N–H and O–H groups in total. The molecule has 92 valence electrons. The van der Waals surface area contributed by atoms with Crippen molar-refractivity contribution in [3.8, 4) is 0 Å². The van der Waals surface area contributed by atoms with E-state index in [0.29, 0.717) is 6.04 Å². The van der Waals surface area contributed by atoms with Crippen molar-refractivity contribution in [2.24, 2.45) is 0 Å². The van der Waals surface area contributed by atoms with Gasteiger partial charge < -0.3 is 9.64 Å². The fraction of sp³-hybridized carbons (Fsp3) is 0.538. The average molecular weight is 344 g/mol. The smallest absolute Gasteiger partial charge is 0.0639 e. The molecule has 0 spiro atoms. The van der Waals surface area contributed by atoms with Gasteiger partial charge in [-0.3, -0.25) is 4.90 Å². The highest BCUT2D eigenvalue weighted by Gasteiger charge is 2.29. The number of hydrogen-bond acceptors (Lipinski definition) is 3. The van der Waals surface area contributed by atoms with Crippen LogP contribution in [0.3, 0.4) is 0 Å². The van der Waals surface area contributed by atoms with E-state index >= 15 is 0 Å². The number of morpholine rings is 1. The number of halogens is 1. The number of piperazine rings is 1. The first kappa shape index (κ1) is 11.7. The summed E-state index contributed by atoms with van der Waals surface area (Å²) in [5.74, 6) is 0. The third kappa shape index (κ3) is 2.58. The Bertz CT molecular complexity index is 382. The minimum absolute atomic E-state index is 0.580. The minimum Gasteiger partial charge on any atom is -0.378 e. The molecule has 1 aromatic rings. The summed E-state index contributed by atoms with van der Waals surface area (Å²) in [6.07, 6.45) is 0. The second-order valence-corrected chi connectivity index (χ2v) is 5.93. The molecule has 3 nitrogen and oxygen atoms in total. The third-order valence-corrected chi connectivity index (χ3v) is 4.35. The zero-order valence-electron chi connectivity index (χ0n) is 9.81. The quantitative estimate of drug-likeness (QED) is 0.723. The van der Waals surface area contributed by atoms with Crippen molar-refractivity contribution in [3.63, 3.8) is 0 Å². The molecule has 1 atom stereocenters. The number of anilines is 1. The molecule has 2 fully saturated rings. The molecule has 4 heteroatoms. The van der Waals surface area contributed by atoms with Gasteiger partial charge in [0.15, 0.2) is 0 Å². The summed E-state index contributed by atoms with van der Waals surface area (Å²) in [4.78, 5) is 5.04. The maximum absolute atomic E-state index is 5.57. The second kappa shape index (κ2) is 5.12. The van der Waals surface area contributed by atoms with E-state index in [2.05, 4.69) is 56.7 Å². The average Bonchev–Trinajstić information content (AvgIpc) is 2.39. The molecule has 0 saturated carbocycles. The van der Waals surface area contributed by atoms with Gasteiger partial charge in [0.1, 0.15) is 0 Å². The number of fused-ring (bicyclic) bond motifs is 1. The van der Waals surface area contributed by atoms with Gasteiger partial charge in [-0.1, -0.05) is 0 Å². The van der Waals surface area contributed by atoms with Crippen LogP contribution < -0.4 is 4.90 Å². The molecule has 0 amide bonds. The van der Waals surface area contributed by atoms with E-state index in [4.69, 9.17) is 4.74 Å². The number of nitrogens with zero attached hydrogens (tertiary/aromatic N) is 2. The van der Waals surface area contributed by atoms with Crippen LogP contribution in [0, 0.1) is 3.57 Å². The van der Waals surface area contributed by atoms with Crippen LogP contribution in [0.1, 0.15) is 0 Å². The summed E-state index contributed by atoms with van der Waals surface area (Å²) in [6.45, 7) is 6.30. The molecule has 2 aliphatic rings. The van der Waals surface area contributed by atoms with E-state index in [1.165, 1.54) is 15.8 Å². The number of rotatable bonds is 1. The highest BCUT2D eigenvalue weighted by atomic mass is 127. The van der Waals surface area contributed by atoms with Crippen LogP contribution in [0.25, 0.3) is 0 Å². The van der Waals surface area contributed by atoms with Gasteiger partial charge in [0.2, 0.25) is 0 Å². The molecule has 1 aromatic carbocycles. The number of ether oxygens (including phenoxy) is 1. The molecule has 0 aromatic heterocycles. The molecule has 0 bridgehead atoms. The fourth-order valence-electron chi connectivity index (χ4n) is 2.63. The Kier molecular flexibility index (Phi) is 3.54. The van der Waals surface area contributed by atoms with Crippen LogP contribution in [-0.2, 0) is 4.74 Å². The Morgan fingerprint density at radius 2 is 1.94 bits per heavy atom. The Morgan fingerprint density at radius 3 is 2.76 bits per heavy atom. The largest absolute Gasteiger partial charge is 0.378 e. The van der Waals surface area contributed by atoms with Gasteiger partial charge in [0.05, 0.1) is 19.3 Å². The van der Waals surface area contributed by atoms with Crippen LogP contribution in [0.2, 0.25) is 0 Å².